The molecule has 1 fully saturated rings. The van der Waals surface area contributed by atoms with Crippen LogP contribution in [0.25, 0.3) is 0 Å². The molecule has 1 aliphatic heterocycles. The van der Waals surface area contributed by atoms with Gasteiger partial charge in [-0.2, -0.15) is 0 Å². The third-order valence-corrected chi connectivity index (χ3v) is 4.16. The van der Waals surface area contributed by atoms with Gasteiger partial charge in [-0.1, -0.05) is 6.07 Å². The zero-order chi connectivity index (χ0) is 13.8. The predicted octanol–water partition coefficient (Wildman–Crippen LogP) is 1.94. The average Bonchev–Trinajstić information content (AvgIpc) is 3.03. The molecule has 0 radical (unpaired) electrons. The number of nitrogens with one attached hydrogen (secondary N) is 1. The van der Waals surface area contributed by atoms with Gasteiger partial charge in [0.05, 0.1) is 11.7 Å². The van der Waals surface area contributed by atoms with E-state index in [0.717, 1.165) is 31.7 Å². The van der Waals surface area contributed by atoms with Crippen molar-refractivity contribution in [3.8, 4) is 0 Å². The smallest absolute Gasteiger partial charge is 0.263 e. The number of thiazole rings is 1. The van der Waals surface area contributed by atoms with Crippen molar-refractivity contribution >= 4 is 23.1 Å². The minimum Gasteiger partial charge on any atom is -0.355 e. The number of pyridine rings is 1. The van der Waals surface area contributed by atoms with Crippen molar-refractivity contribution < 1.29 is 4.79 Å². The van der Waals surface area contributed by atoms with E-state index in [1.165, 1.54) is 11.3 Å². The van der Waals surface area contributed by atoms with Gasteiger partial charge in [0.2, 0.25) is 0 Å². The van der Waals surface area contributed by atoms with Gasteiger partial charge in [-0.05, 0) is 25.0 Å². The number of rotatable bonds is 3. The molecule has 3 heterocycles. The molecule has 1 atom stereocenters. The maximum atomic E-state index is 12.0. The zero-order valence-corrected chi connectivity index (χ0v) is 11.8. The summed E-state index contributed by atoms with van der Waals surface area (Å²) in [6, 6.07) is 6.08. The van der Waals surface area contributed by atoms with E-state index in [4.69, 9.17) is 0 Å². The minimum atomic E-state index is -0.0274. The van der Waals surface area contributed by atoms with Crippen molar-refractivity contribution in [2.24, 2.45) is 0 Å². The molecule has 1 saturated heterocycles. The van der Waals surface area contributed by atoms with Gasteiger partial charge in [-0.3, -0.25) is 9.78 Å². The van der Waals surface area contributed by atoms with Crippen molar-refractivity contribution in [2.45, 2.75) is 18.9 Å². The van der Waals surface area contributed by atoms with Gasteiger partial charge in [0.25, 0.3) is 5.91 Å². The van der Waals surface area contributed by atoms with Crippen molar-refractivity contribution in [1.82, 2.24) is 15.3 Å². The van der Waals surface area contributed by atoms with Crippen LogP contribution in [0.4, 0.5) is 5.82 Å². The number of amides is 1. The maximum absolute atomic E-state index is 12.0. The van der Waals surface area contributed by atoms with Gasteiger partial charge in [0.15, 0.2) is 0 Å². The molecule has 1 amide bonds. The summed E-state index contributed by atoms with van der Waals surface area (Å²) in [5, 5.41) is 3.08. The highest BCUT2D eigenvalue weighted by Gasteiger charge is 2.22. The van der Waals surface area contributed by atoms with E-state index >= 15 is 0 Å². The molecule has 5 nitrogen and oxygen atoms in total. The highest BCUT2D eigenvalue weighted by Crippen LogP contribution is 2.17. The lowest BCUT2D eigenvalue weighted by Crippen LogP contribution is -2.47. The van der Waals surface area contributed by atoms with Crippen LogP contribution < -0.4 is 10.2 Å². The van der Waals surface area contributed by atoms with Crippen molar-refractivity contribution in [3.63, 3.8) is 0 Å². The first-order chi connectivity index (χ1) is 9.83. The highest BCUT2D eigenvalue weighted by atomic mass is 32.1. The molecule has 1 N–H and O–H groups in total. The van der Waals surface area contributed by atoms with Crippen molar-refractivity contribution in [2.75, 3.05) is 18.0 Å². The number of nitrogens with zero attached hydrogens (tertiary/aromatic N) is 3. The Hall–Kier alpha value is -1.95. The number of anilines is 1. The molecule has 0 aromatic carbocycles. The Morgan fingerprint density at radius 3 is 3.15 bits per heavy atom. The average molecular weight is 288 g/mol. The van der Waals surface area contributed by atoms with Crippen LogP contribution in [0.15, 0.2) is 36.1 Å². The number of carbonyl (C=O) groups excluding carboxylic acids is 1. The second-order valence-corrected chi connectivity index (χ2v) is 5.70. The first-order valence-corrected chi connectivity index (χ1v) is 7.56. The monoisotopic (exact) mass is 288 g/mol. The molecular weight excluding hydrogens is 272 g/mol. The first kappa shape index (κ1) is 13.1. The predicted molar refractivity (Wildman–Crippen MR) is 79.1 cm³/mol. The summed E-state index contributed by atoms with van der Waals surface area (Å²) in [6.07, 6.45) is 5.48. The van der Waals surface area contributed by atoms with E-state index < -0.39 is 0 Å². The van der Waals surface area contributed by atoms with E-state index in [-0.39, 0.29) is 11.9 Å². The summed E-state index contributed by atoms with van der Waals surface area (Å²) in [7, 11) is 0. The van der Waals surface area contributed by atoms with Crippen LogP contribution in [0, 0.1) is 0 Å². The Bertz CT molecular complexity index is 558. The van der Waals surface area contributed by atoms with Gasteiger partial charge in [-0.15, -0.1) is 11.3 Å². The fraction of sp³-hybridized carbons (Fsp3) is 0.357. The fourth-order valence-electron chi connectivity index (χ4n) is 2.43. The van der Waals surface area contributed by atoms with Crippen LogP contribution in [0.1, 0.15) is 22.5 Å². The molecular formula is C14H16N4OS. The van der Waals surface area contributed by atoms with E-state index in [9.17, 15) is 4.79 Å². The van der Waals surface area contributed by atoms with Crippen LogP contribution in [0.5, 0.6) is 0 Å². The van der Waals surface area contributed by atoms with Crippen molar-refractivity contribution in [1.29, 1.82) is 0 Å². The van der Waals surface area contributed by atoms with Crippen LogP contribution >= 0.6 is 11.3 Å². The van der Waals surface area contributed by atoms with Gasteiger partial charge in [0, 0.05) is 25.3 Å². The Morgan fingerprint density at radius 2 is 2.40 bits per heavy atom. The van der Waals surface area contributed by atoms with E-state index in [2.05, 4.69) is 20.2 Å². The second-order valence-electron chi connectivity index (χ2n) is 4.81. The summed E-state index contributed by atoms with van der Waals surface area (Å²) < 4.78 is 0. The Labute approximate surface area is 121 Å². The molecule has 0 saturated carbocycles. The van der Waals surface area contributed by atoms with E-state index in [0.29, 0.717) is 4.88 Å². The number of piperidine rings is 1. The quantitative estimate of drug-likeness (QED) is 0.937. The van der Waals surface area contributed by atoms with Gasteiger partial charge in [-0.25, -0.2) is 4.98 Å². The number of hydrogen-bond donors (Lipinski definition) is 1. The molecule has 0 bridgehead atoms. The zero-order valence-electron chi connectivity index (χ0n) is 11.0. The molecule has 0 aliphatic carbocycles. The molecule has 1 aliphatic rings. The first-order valence-electron chi connectivity index (χ1n) is 6.68. The lowest BCUT2D eigenvalue weighted by atomic mass is 10.1. The van der Waals surface area contributed by atoms with E-state index in [1.807, 2.05) is 18.2 Å². The van der Waals surface area contributed by atoms with Gasteiger partial charge >= 0.3 is 0 Å². The molecule has 104 valence electrons. The topological polar surface area (TPSA) is 58.1 Å². The summed E-state index contributed by atoms with van der Waals surface area (Å²) >= 11 is 1.37. The normalized spacial score (nSPS) is 18.8. The van der Waals surface area contributed by atoms with Gasteiger partial charge < -0.3 is 10.2 Å². The Balaban J connectivity index is 1.62. The third-order valence-electron chi connectivity index (χ3n) is 3.39. The second kappa shape index (κ2) is 6.00. The van der Waals surface area contributed by atoms with Crippen LogP contribution in [-0.4, -0.2) is 35.0 Å². The molecule has 0 unspecified atom stereocenters. The van der Waals surface area contributed by atoms with Crippen molar-refractivity contribution in [3.05, 3.63) is 41.0 Å². The summed E-state index contributed by atoms with van der Waals surface area (Å²) in [6.45, 7) is 1.80. The minimum absolute atomic E-state index is 0.0274. The van der Waals surface area contributed by atoms with E-state index in [1.54, 1.807) is 17.9 Å². The summed E-state index contributed by atoms with van der Waals surface area (Å²) in [5.74, 6) is 0.949. The number of hydrogen-bond acceptors (Lipinski definition) is 5. The molecule has 20 heavy (non-hydrogen) atoms. The maximum Gasteiger partial charge on any atom is 0.263 e. The Kier molecular flexibility index (Phi) is 3.92. The molecule has 3 rings (SSSR count). The lowest BCUT2D eigenvalue weighted by molar-refractivity contribution is 0.0937. The van der Waals surface area contributed by atoms with Crippen LogP contribution in [-0.2, 0) is 0 Å². The summed E-state index contributed by atoms with van der Waals surface area (Å²) in [4.78, 5) is 23.2. The fourth-order valence-corrected chi connectivity index (χ4v) is 2.95. The number of aromatic nitrogens is 2. The summed E-state index contributed by atoms with van der Waals surface area (Å²) in [5.41, 5.74) is 1.68. The Morgan fingerprint density at radius 1 is 1.45 bits per heavy atom. The molecule has 0 spiro atoms. The lowest BCUT2D eigenvalue weighted by Gasteiger charge is -2.33. The molecule has 2 aromatic rings. The SMILES string of the molecule is O=C(N[C@H]1CCCN(c2ccccn2)C1)c1cncs1. The largest absolute Gasteiger partial charge is 0.355 e. The number of carbonyl (C=O) groups is 1. The molecule has 2 aromatic heterocycles. The van der Waals surface area contributed by atoms with Crippen LogP contribution in [0.3, 0.4) is 0 Å². The standard InChI is InChI=1S/C14H16N4OS/c19-14(12-8-15-10-20-12)17-11-4-3-7-18(9-11)13-5-1-2-6-16-13/h1-2,5-6,8,10-11H,3-4,7,9H2,(H,17,19)/t11-/m0/s1. The van der Waals surface area contributed by atoms with Gasteiger partial charge in [0.1, 0.15) is 10.7 Å². The van der Waals surface area contributed by atoms with Crippen LogP contribution in [0.2, 0.25) is 0 Å². The third kappa shape index (κ3) is 2.96. The molecule has 6 heteroatoms. The highest BCUT2D eigenvalue weighted by molar-refractivity contribution is 7.11.